The molecule has 160 valence electrons. The molecule has 0 atom stereocenters. The number of pyridine rings is 1. The van der Waals surface area contributed by atoms with E-state index in [0.29, 0.717) is 11.8 Å². The molecule has 0 radical (unpaired) electrons. The molecule has 0 bridgehead atoms. The number of aldehydes is 1. The number of rotatable bonds is 4. The zero-order chi connectivity index (χ0) is 23.0. The van der Waals surface area contributed by atoms with E-state index in [0.717, 1.165) is 10.7 Å². The van der Waals surface area contributed by atoms with Crippen LogP contribution in [-0.4, -0.2) is 40.0 Å². The SMILES string of the molecule is COC(=O)c1ccc(-c2nn(C(=O)c3c(C)cccc3Cl)c3cc(C=O)cnc23)c(F)c1. The fourth-order valence-corrected chi connectivity index (χ4v) is 3.68. The van der Waals surface area contributed by atoms with Gasteiger partial charge >= 0.3 is 5.97 Å². The van der Waals surface area contributed by atoms with Gasteiger partial charge < -0.3 is 4.74 Å². The van der Waals surface area contributed by atoms with Crippen molar-refractivity contribution in [3.05, 3.63) is 81.8 Å². The number of halogens is 2. The molecule has 32 heavy (non-hydrogen) atoms. The van der Waals surface area contributed by atoms with Crippen molar-refractivity contribution in [1.82, 2.24) is 14.8 Å². The number of ether oxygens (including phenoxy) is 1. The minimum atomic E-state index is -0.748. The number of hydrogen-bond donors (Lipinski definition) is 0. The van der Waals surface area contributed by atoms with Crippen LogP contribution in [0, 0.1) is 12.7 Å². The molecule has 4 rings (SSSR count). The summed E-state index contributed by atoms with van der Waals surface area (Å²) in [6.07, 6.45) is 1.89. The van der Waals surface area contributed by atoms with Crippen molar-refractivity contribution in [2.24, 2.45) is 0 Å². The Morgan fingerprint density at radius 2 is 1.97 bits per heavy atom. The molecule has 0 saturated heterocycles. The molecule has 9 heteroatoms. The fraction of sp³-hybridized carbons (Fsp3) is 0.0870. The summed E-state index contributed by atoms with van der Waals surface area (Å²) in [5.41, 5.74) is 1.61. The van der Waals surface area contributed by atoms with Crippen molar-refractivity contribution in [2.45, 2.75) is 6.92 Å². The molecule has 0 spiro atoms. The Kier molecular flexibility index (Phi) is 5.54. The van der Waals surface area contributed by atoms with Crippen LogP contribution in [0.2, 0.25) is 5.02 Å². The van der Waals surface area contributed by atoms with Crippen LogP contribution >= 0.6 is 11.6 Å². The predicted octanol–water partition coefficient (Wildman–Crippen LogP) is 4.49. The Balaban J connectivity index is 1.96. The molecule has 0 fully saturated rings. The lowest BCUT2D eigenvalue weighted by atomic mass is 10.1. The Bertz CT molecular complexity index is 1390. The van der Waals surface area contributed by atoms with E-state index in [4.69, 9.17) is 11.6 Å². The number of carbonyl (C=O) groups excluding carboxylic acids is 3. The number of aromatic nitrogens is 3. The largest absolute Gasteiger partial charge is 0.465 e. The van der Waals surface area contributed by atoms with E-state index in [9.17, 15) is 18.8 Å². The average Bonchev–Trinajstić information content (AvgIpc) is 3.16. The van der Waals surface area contributed by atoms with Crippen LogP contribution in [0.4, 0.5) is 4.39 Å². The third-order valence-corrected chi connectivity index (χ3v) is 5.27. The molecule has 2 aromatic heterocycles. The second kappa shape index (κ2) is 8.32. The highest BCUT2D eigenvalue weighted by molar-refractivity contribution is 6.34. The Hall–Kier alpha value is -3.91. The molecular formula is C23H15ClFN3O4. The molecule has 4 aromatic rings. The first-order valence-corrected chi connectivity index (χ1v) is 9.75. The van der Waals surface area contributed by atoms with E-state index >= 15 is 0 Å². The molecule has 0 N–H and O–H groups in total. The Morgan fingerprint density at radius 3 is 2.62 bits per heavy atom. The number of esters is 1. The molecule has 0 aliphatic rings. The van der Waals surface area contributed by atoms with Gasteiger partial charge in [-0.2, -0.15) is 9.78 Å². The van der Waals surface area contributed by atoms with E-state index in [1.807, 2.05) is 0 Å². The fourth-order valence-electron chi connectivity index (χ4n) is 3.38. The lowest BCUT2D eigenvalue weighted by Crippen LogP contribution is -2.15. The first-order valence-electron chi connectivity index (χ1n) is 9.37. The van der Waals surface area contributed by atoms with Gasteiger partial charge in [0.25, 0.3) is 5.91 Å². The van der Waals surface area contributed by atoms with Gasteiger partial charge in [-0.1, -0.05) is 23.7 Å². The van der Waals surface area contributed by atoms with E-state index in [2.05, 4.69) is 14.8 Å². The maximum Gasteiger partial charge on any atom is 0.337 e. The van der Waals surface area contributed by atoms with Gasteiger partial charge in [-0.25, -0.2) is 9.18 Å². The Morgan fingerprint density at radius 1 is 1.19 bits per heavy atom. The van der Waals surface area contributed by atoms with E-state index in [1.54, 1.807) is 25.1 Å². The van der Waals surface area contributed by atoms with Crippen LogP contribution in [0.1, 0.15) is 36.6 Å². The monoisotopic (exact) mass is 451 g/mol. The number of benzene rings is 2. The maximum absolute atomic E-state index is 14.9. The van der Waals surface area contributed by atoms with Crippen molar-refractivity contribution in [3.8, 4) is 11.3 Å². The highest BCUT2D eigenvalue weighted by Crippen LogP contribution is 2.31. The number of carbonyl (C=O) groups is 3. The molecule has 0 unspecified atom stereocenters. The summed E-state index contributed by atoms with van der Waals surface area (Å²) in [6.45, 7) is 1.73. The molecule has 7 nitrogen and oxygen atoms in total. The third-order valence-electron chi connectivity index (χ3n) is 4.95. The molecular weight excluding hydrogens is 437 g/mol. The first-order chi connectivity index (χ1) is 15.3. The summed E-state index contributed by atoms with van der Waals surface area (Å²) in [6, 6.07) is 10.2. The normalized spacial score (nSPS) is 10.9. The van der Waals surface area contributed by atoms with Gasteiger partial charge in [0.1, 0.15) is 17.0 Å². The van der Waals surface area contributed by atoms with Crippen molar-refractivity contribution in [3.63, 3.8) is 0 Å². The zero-order valence-corrected chi connectivity index (χ0v) is 17.7. The van der Waals surface area contributed by atoms with Gasteiger partial charge in [0, 0.05) is 17.3 Å². The van der Waals surface area contributed by atoms with E-state index in [1.165, 1.54) is 31.5 Å². The number of nitrogens with zero attached hydrogens (tertiary/aromatic N) is 3. The number of hydrogen-bond acceptors (Lipinski definition) is 6. The number of fused-ring (bicyclic) bond motifs is 1. The summed E-state index contributed by atoms with van der Waals surface area (Å²) >= 11 is 6.26. The van der Waals surface area contributed by atoms with Crippen molar-refractivity contribution >= 4 is 40.8 Å². The molecule has 0 aliphatic heterocycles. The second-order valence-corrected chi connectivity index (χ2v) is 7.34. The lowest BCUT2D eigenvalue weighted by molar-refractivity contribution is 0.0600. The molecule has 0 aliphatic carbocycles. The molecule has 2 heterocycles. The molecule has 2 aromatic carbocycles. The standard InChI is InChI=1S/C23H15ClFN3O4/c1-12-4-3-5-16(24)19(12)22(30)28-18-8-13(11-29)10-26-21(18)20(27-28)15-7-6-14(9-17(15)25)23(31)32-2/h3-11H,1-2H3. The smallest absolute Gasteiger partial charge is 0.337 e. The van der Waals surface area contributed by atoms with Crippen molar-refractivity contribution in [2.75, 3.05) is 7.11 Å². The molecule has 0 saturated carbocycles. The van der Waals surface area contributed by atoms with Crippen LogP contribution in [0.3, 0.4) is 0 Å². The molecule has 0 amide bonds. The summed E-state index contributed by atoms with van der Waals surface area (Å²) in [7, 11) is 1.19. The highest BCUT2D eigenvalue weighted by atomic mass is 35.5. The first kappa shape index (κ1) is 21.3. The van der Waals surface area contributed by atoms with Crippen LogP contribution in [0.15, 0.2) is 48.7 Å². The second-order valence-electron chi connectivity index (χ2n) is 6.94. The summed E-state index contributed by atoms with van der Waals surface area (Å²) in [4.78, 5) is 40.6. The highest BCUT2D eigenvalue weighted by Gasteiger charge is 2.24. The third kappa shape index (κ3) is 3.54. The maximum atomic E-state index is 14.9. The zero-order valence-electron chi connectivity index (χ0n) is 16.9. The van der Waals surface area contributed by atoms with Crippen LogP contribution in [0.25, 0.3) is 22.3 Å². The number of methoxy groups -OCH3 is 1. The lowest BCUT2D eigenvalue weighted by Gasteiger charge is -2.08. The van der Waals surface area contributed by atoms with Gasteiger partial charge in [-0.15, -0.1) is 0 Å². The minimum Gasteiger partial charge on any atom is -0.465 e. The van der Waals surface area contributed by atoms with Gasteiger partial charge in [0.2, 0.25) is 0 Å². The summed E-state index contributed by atoms with van der Waals surface area (Å²) in [5.74, 6) is -1.99. The number of aryl methyl sites for hydroxylation is 1. The van der Waals surface area contributed by atoms with Crippen LogP contribution < -0.4 is 0 Å². The van der Waals surface area contributed by atoms with Gasteiger partial charge in [-0.05, 0) is 42.8 Å². The van der Waals surface area contributed by atoms with Gasteiger partial charge in [0.05, 0.1) is 28.8 Å². The van der Waals surface area contributed by atoms with E-state index < -0.39 is 17.7 Å². The summed E-state index contributed by atoms with van der Waals surface area (Å²) < 4.78 is 20.6. The van der Waals surface area contributed by atoms with Gasteiger partial charge in [0.15, 0.2) is 6.29 Å². The predicted molar refractivity (Wildman–Crippen MR) is 116 cm³/mol. The van der Waals surface area contributed by atoms with Crippen molar-refractivity contribution in [1.29, 1.82) is 0 Å². The van der Waals surface area contributed by atoms with Crippen LogP contribution in [-0.2, 0) is 4.74 Å². The van der Waals surface area contributed by atoms with Crippen LogP contribution in [0.5, 0.6) is 0 Å². The van der Waals surface area contributed by atoms with Crippen molar-refractivity contribution < 1.29 is 23.5 Å². The van der Waals surface area contributed by atoms with Gasteiger partial charge in [-0.3, -0.25) is 14.6 Å². The average molecular weight is 452 g/mol. The topological polar surface area (TPSA) is 91.1 Å². The quantitative estimate of drug-likeness (QED) is 0.335. The summed E-state index contributed by atoms with van der Waals surface area (Å²) in [5, 5.41) is 4.55. The minimum absolute atomic E-state index is 0.0245. The van der Waals surface area contributed by atoms with E-state index in [-0.39, 0.29) is 44.0 Å². The Labute approximate surface area is 186 Å².